The molecule has 0 radical (unpaired) electrons. The van der Waals surface area contributed by atoms with Crippen molar-refractivity contribution in [2.45, 2.75) is 98.4 Å². The van der Waals surface area contributed by atoms with Crippen LogP contribution in [0.5, 0.6) is 0 Å². The van der Waals surface area contributed by atoms with Crippen LogP contribution in [0.3, 0.4) is 0 Å². The molecule has 128 valence electrons. The first-order chi connectivity index (χ1) is 10.6. The standard InChI is InChI=1S/C19H37N3/c1-17(2)12-8-5-6-11-15-22-19(16-20-21-22)14-10-7-9-13-18(3)4/h16-18H,5-15H2,1-4H3. The lowest BCUT2D eigenvalue weighted by Gasteiger charge is -2.07. The minimum atomic E-state index is 0.836. The fourth-order valence-corrected chi connectivity index (χ4v) is 2.86. The summed E-state index contributed by atoms with van der Waals surface area (Å²) in [6.45, 7) is 10.3. The van der Waals surface area contributed by atoms with E-state index in [-0.39, 0.29) is 0 Å². The smallest absolute Gasteiger partial charge is 0.0725 e. The molecular weight excluding hydrogens is 270 g/mol. The number of hydrogen-bond donors (Lipinski definition) is 0. The van der Waals surface area contributed by atoms with Crippen LogP contribution in [0, 0.1) is 11.8 Å². The van der Waals surface area contributed by atoms with Crippen molar-refractivity contribution < 1.29 is 0 Å². The highest BCUT2D eigenvalue weighted by Crippen LogP contribution is 2.13. The molecule has 3 nitrogen and oxygen atoms in total. The van der Waals surface area contributed by atoms with Gasteiger partial charge in [0, 0.05) is 6.54 Å². The van der Waals surface area contributed by atoms with Crippen LogP contribution in [0.2, 0.25) is 0 Å². The molecule has 0 amide bonds. The van der Waals surface area contributed by atoms with Crippen molar-refractivity contribution in [1.82, 2.24) is 15.0 Å². The Kier molecular flexibility index (Phi) is 10.2. The number of hydrogen-bond acceptors (Lipinski definition) is 2. The van der Waals surface area contributed by atoms with Crippen molar-refractivity contribution >= 4 is 0 Å². The first kappa shape index (κ1) is 19.2. The number of unbranched alkanes of at least 4 members (excludes halogenated alkanes) is 5. The lowest BCUT2D eigenvalue weighted by Crippen LogP contribution is -2.05. The van der Waals surface area contributed by atoms with Crippen LogP contribution in [0.15, 0.2) is 6.20 Å². The molecule has 0 aliphatic rings. The second kappa shape index (κ2) is 11.7. The van der Waals surface area contributed by atoms with Crippen molar-refractivity contribution in [2.75, 3.05) is 0 Å². The van der Waals surface area contributed by atoms with E-state index in [1.54, 1.807) is 0 Å². The minimum absolute atomic E-state index is 0.836. The predicted molar refractivity (Wildman–Crippen MR) is 95.0 cm³/mol. The Morgan fingerprint density at radius 3 is 2.05 bits per heavy atom. The quantitative estimate of drug-likeness (QED) is 0.441. The molecule has 0 bridgehead atoms. The first-order valence-electron chi connectivity index (χ1n) is 9.47. The van der Waals surface area contributed by atoms with Crippen LogP contribution < -0.4 is 0 Å². The molecule has 0 atom stereocenters. The molecule has 0 saturated heterocycles. The van der Waals surface area contributed by atoms with Gasteiger partial charge in [0.1, 0.15) is 0 Å². The Morgan fingerprint density at radius 1 is 0.818 bits per heavy atom. The van der Waals surface area contributed by atoms with Crippen molar-refractivity contribution in [1.29, 1.82) is 0 Å². The zero-order chi connectivity index (χ0) is 16.2. The largest absolute Gasteiger partial charge is 0.249 e. The number of rotatable bonds is 13. The van der Waals surface area contributed by atoms with E-state index >= 15 is 0 Å². The average molecular weight is 308 g/mol. The van der Waals surface area contributed by atoms with Gasteiger partial charge in [-0.2, -0.15) is 0 Å². The maximum atomic E-state index is 4.26. The molecule has 0 fully saturated rings. The van der Waals surface area contributed by atoms with Gasteiger partial charge in [0.25, 0.3) is 0 Å². The van der Waals surface area contributed by atoms with Crippen molar-refractivity contribution in [3.05, 3.63) is 11.9 Å². The SMILES string of the molecule is CC(C)CCCCCCn1nncc1CCCCCC(C)C. The summed E-state index contributed by atoms with van der Waals surface area (Å²) >= 11 is 0. The average Bonchev–Trinajstić information content (AvgIpc) is 2.89. The van der Waals surface area contributed by atoms with Crippen LogP contribution in [0.25, 0.3) is 0 Å². The fourth-order valence-electron chi connectivity index (χ4n) is 2.86. The van der Waals surface area contributed by atoms with E-state index in [1.165, 1.54) is 63.5 Å². The van der Waals surface area contributed by atoms with Crippen molar-refractivity contribution in [3.63, 3.8) is 0 Å². The lowest BCUT2D eigenvalue weighted by molar-refractivity contribution is 0.477. The molecule has 0 aliphatic heterocycles. The molecule has 1 rings (SSSR count). The third-order valence-electron chi connectivity index (χ3n) is 4.31. The summed E-state index contributed by atoms with van der Waals surface area (Å²) in [4.78, 5) is 0. The molecule has 1 heterocycles. The minimum Gasteiger partial charge on any atom is -0.249 e. The van der Waals surface area contributed by atoms with Crippen LogP contribution in [0.1, 0.15) is 91.2 Å². The Hall–Kier alpha value is -0.860. The summed E-state index contributed by atoms with van der Waals surface area (Å²) in [5, 5.41) is 8.36. The van der Waals surface area contributed by atoms with E-state index in [0.29, 0.717) is 0 Å². The zero-order valence-corrected chi connectivity index (χ0v) is 15.4. The normalized spacial score (nSPS) is 11.7. The van der Waals surface area contributed by atoms with Gasteiger partial charge in [-0.3, -0.25) is 0 Å². The molecule has 1 aromatic heterocycles. The molecule has 1 aromatic rings. The van der Waals surface area contributed by atoms with Gasteiger partial charge in [-0.05, 0) is 31.1 Å². The van der Waals surface area contributed by atoms with Gasteiger partial charge in [0.15, 0.2) is 0 Å². The first-order valence-corrected chi connectivity index (χ1v) is 9.47. The molecule has 3 heteroatoms. The van der Waals surface area contributed by atoms with Gasteiger partial charge in [-0.25, -0.2) is 4.68 Å². The van der Waals surface area contributed by atoms with E-state index in [9.17, 15) is 0 Å². The highest BCUT2D eigenvalue weighted by atomic mass is 15.4. The monoisotopic (exact) mass is 307 g/mol. The van der Waals surface area contributed by atoms with Crippen molar-refractivity contribution in [3.8, 4) is 0 Å². The molecular formula is C19H37N3. The predicted octanol–water partition coefficient (Wildman–Crippen LogP) is 5.64. The Bertz CT molecular complexity index is 369. The lowest BCUT2D eigenvalue weighted by atomic mass is 10.0. The fraction of sp³-hybridized carbons (Fsp3) is 0.895. The van der Waals surface area contributed by atoms with Gasteiger partial charge < -0.3 is 0 Å². The topological polar surface area (TPSA) is 30.7 Å². The van der Waals surface area contributed by atoms with Crippen LogP contribution in [-0.2, 0) is 13.0 Å². The van der Waals surface area contributed by atoms with Gasteiger partial charge in [0.05, 0.1) is 11.9 Å². The zero-order valence-electron chi connectivity index (χ0n) is 15.4. The summed E-state index contributed by atoms with van der Waals surface area (Å²) in [7, 11) is 0. The molecule has 0 unspecified atom stereocenters. The van der Waals surface area contributed by atoms with E-state index in [0.717, 1.165) is 24.8 Å². The van der Waals surface area contributed by atoms with Crippen LogP contribution >= 0.6 is 0 Å². The molecule has 0 saturated carbocycles. The maximum absolute atomic E-state index is 4.26. The molecule has 0 N–H and O–H groups in total. The Morgan fingerprint density at radius 2 is 1.41 bits per heavy atom. The van der Waals surface area contributed by atoms with Gasteiger partial charge in [0.2, 0.25) is 0 Å². The Balaban J connectivity index is 2.11. The third-order valence-corrected chi connectivity index (χ3v) is 4.31. The molecule has 0 aliphatic carbocycles. The van der Waals surface area contributed by atoms with Crippen molar-refractivity contribution in [2.24, 2.45) is 11.8 Å². The van der Waals surface area contributed by atoms with Gasteiger partial charge >= 0.3 is 0 Å². The maximum Gasteiger partial charge on any atom is 0.0725 e. The van der Waals surface area contributed by atoms with E-state index in [1.807, 2.05) is 6.20 Å². The molecule has 0 spiro atoms. The number of aromatic nitrogens is 3. The summed E-state index contributed by atoms with van der Waals surface area (Å²) < 4.78 is 2.13. The van der Waals surface area contributed by atoms with Crippen LogP contribution in [0.4, 0.5) is 0 Å². The summed E-state index contributed by atoms with van der Waals surface area (Å²) in [6, 6.07) is 0. The summed E-state index contributed by atoms with van der Waals surface area (Å²) in [5.74, 6) is 1.68. The second-order valence-electron chi connectivity index (χ2n) is 7.54. The Labute approximate surface area is 137 Å². The van der Waals surface area contributed by atoms with E-state index in [4.69, 9.17) is 0 Å². The molecule has 0 aromatic carbocycles. The third kappa shape index (κ3) is 9.22. The number of nitrogens with zero attached hydrogens (tertiary/aromatic N) is 3. The highest BCUT2D eigenvalue weighted by Gasteiger charge is 2.04. The number of aryl methyl sites for hydroxylation is 2. The summed E-state index contributed by atoms with van der Waals surface area (Å²) in [5.41, 5.74) is 1.33. The second-order valence-corrected chi connectivity index (χ2v) is 7.54. The van der Waals surface area contributed by atoms with Crippen LogP contribution in [-0.4, -0.2) is 15.0 Å². The highest BCUT2D eigenvalue weighted by molar-refractivity contribution is 4.93. The summed E-state index contributed by atoms with van der Waals surface area (Å²) in [6.07, 6.45) is 15.1. The molecule has 22 heavy (non-hydrogen) atoms. The van der Waals surface area contributed by atoms with E-state index in [2.05, 4.69) is 42.7 Å². The van der Waals surface area contributed by atoms with Gasteiger partial charge in [-0.1, -0.05) is 77.9 Å². The van der Waals surface area contributed by atoms with E-state index < -0.39 is 0 Å². The van der Waals surface area contributed by atoms with Gasteiger partial charge in [-0.15, -0.1) is 5.10 Å².